The summed E-state index contributed by atoms with van der Waals surface area (Å²) in [4.78, 5) is 26.8. The van der Waals surface area contributed by atoms with Crippen molar-refractivity contribution in [2.24, 2.45) is 11.7 Å². The maximum Gasteiger partial charge on any atom is 0.253 e. The molecule has 0 unspecified atom stereocenters. The molecule has 0 aromatic heterocycles. The Kier molecular flexibility index (Phi) is 6.22. The Balaban J connectivity index is 1.54. The van der Waals surface area contributed by atoms with E-state index < -0.39 is 0 Å². The lowest BCUT2D eigenvalue weighted by molar-refractivity contribution is -0.123. The summed E-state index contributed by atoms with van der Waals surface area (Å²) >= 11 is 7.62. The van der Waals surface area contributed by atoms with Crippen molar-refractivity contribution in [1.82, 2.24) is 4.90 Å². The van der Waals surface area contributed by atoms with Crippen molar-refractivity contribution in [2.75, 3.05) is 13.1 Å². The van der Waals surface area contributed by atoms with Gasteiger partial charge in [-0.15, -0.1) is 11.8 Å². The topological polar surface area (TPSA) is 63.4 Å². The molecule has 4 nitrogen and oxygen atoms in total. The van der Waals surface area contributed by atoms with Crippen LogP contribution in [0.25, 0.3) is 0 Å². The summed E-state index contributed by atoms with van der Waals surface area (Å²) in [6, 6.07) is 15.5. The summed E-state index contributed by atoms with van der Waals surface area (Å²) in [5.41, 5.74) is 7.19. The van der Waals surface area contributed by atoms with E-state index in [4.69, 9.17) is 17.3 Å². The highest BCUT2D eigenvalue weighted by Crippen LogP contribution is 2.25. The molecule has 26 heavy (non-hydrogen) atoms. The van der Waals surface area contributed by atoms with Crippen LogP contribution in [0.1, 0.15) is 28.8 Å². The number of rotatable bonds is 5. The second-order valence-electron chi connectivity index (χ2n) is 6.41. The molecule has 6 heteroatoms. The number of piperidine rings is 1. The van der Waals surface area contributed by atoms with Crippen LogP contribution in [0.15, 0.2) is 53.4 Å². The number of carbonyl (C=O) groups is 2. The van der Waals surface area contributed by atoms with Crippen molar-refractivity contribution in [1.29, 1.82) is 0 Å². The first kappa shape index (κ1) is 18.8. The molecule has 136 valence electrons. The average Bonchev–Trinajstić information content (AvgIpc) is 2.67. The fourth-order valence-corrected chi connectivity index (χ4v) is 3.97. The SMILES string of the molecule is NC(=O)C1CCN(C(=O)c2ccc(CSc3ccc(Cl)cc3)cc2)CC1. The predicted octanol–water partition coefficient (Wildman–Crippen LogP) is 3.97. The van der Waals surface area contributed by atoms with E-state index in [-0.39, 0.29) is 17.7 Å². The van der Waals surface area contributed by atoms with Crippen LogP contribution in [-0.4, -0.2) is 29.8 Å². The van der Waals surface area contributed by atoms with Gasteiger partial charge in [0.15, 0.2) is 0 Å². The van der Waals surface area contributed by atoms with E-state index in [0.717, 1.165) is 21.2 Å². The maximum atomic E-state index is 12.6. The molecule has 1 saturated heterocycles. The predicted molar refractivity (Wildman–Crippen MR) is 105 cm³/mol. The fourth-order valence-electron chi connectivity index (χ4n) is 2.99. The Morgan fingerprint density at radius 2 is 1.65 bits per heavy atom. The molecule has 1 aliphatic heterocycles. The number of benzene rings is 2. The monoisotopic (exact) mass is 388 g/mol. The first-order valence-corrected chi connectivity index (χ1v) is 9.95. The molecule has 3 rings (SSSR count). The molecule has 0 spiro atoms. The Hall–Kier alpha value is -1.98. The second kappa shape index (κ2) is 8.60. The van der Waals surface area contributed by atoms with E-state index in [1.807, 2.05) is 48.5 Å². The summed E-state index contributed by atoms with van der Waals surface area (Å²) in [5.74, 6) is 0.482. The van der Waals surface area contributed by atoms with Gasteiger partial charge in [-0.2, -0.15) is 0 Å². The van der Waals surface area contributed by atoms with Gasteiger partial charge in [-0.05, 0) is 54.8 Å². The Bertz CT molecular complexity index is 769. The highest BCUT2D eigenvalue weighted by Gasteiger charge is 2.26. The lowest BCUT2D eigenvalue weighted by Gasteiger charge is -2.30. The van der Waals surface area contributed by atoms with Crippen LogP contribution in [0.3, 0.4) is 0 Å². The molecule has 0 saturated carbocycles. The van der Waals surface area contributed by atoms with Crippen molar-refractivity contribution in [2.45, 2.75) is 23.5 Å². The van der Waals surface area contributed by atoms with Gasteiger partial charge in [0.05, 0.1) is 0 Å². The molecule has 2 aromatic carbocycles. The third-order valence-corrected chi connectivity index (χ3v) is 5.94. The van der Waals surface area contributed by atoms with Crippen molar-refractivity contribution in [3.63, 3.8) is 0 Å². The van der Waals surface area contributed by atoms with E-state index in [0.29, 0.717) is 31.5 Å². The number of thioether (sulfide) groups is 1. The molecule has 1 aliphatic rings. The van der Waals surface area contributed by atoms with Crippen LogP contribution in [-0.2, 0) is 10.5 Å². The van der Waals surface area contributed by atoms with Gasteiger partial charge in [-0.3, -0.25) is 9.59 Å². The summed E-state index contributed by atoms with van der Waals surface area (Å²) in [5, 5.41) is 0.733. The lowest BCUT2D eigenvalue weighted by Crippen LogP contribution is -2.41. The summed E-state index contributed by atoms with van der Waals surface area (Å²) < 4.78 is 0. The van der Waals surface area contributed by atoms with Crippen LogP contribution < -0.4 is 5.73 Å². The number of hydrogen-bond donors (Lipinski definition) is 1. The molecule has 0 radical (unpaired) electrons. The zero-order valence-electron chi connectivity index (χ0n) is 14.4. The number of hydrogen-bond acceptors (Lipinski definition) is 3. The quantitative estimate of drug-likeness (QED) is 0.788. The number of primary amides is 1. The molecular weight excluding hydrogens is 368 g/mol. The van der Waals surface area contributed by atoms with E-state index in [1.54, 1.807) is 16.7 Å². The van der Waals surface area contributed by atoms with Crippen LogP contribution in [0, 0.1) is 5.92 Å². The molecule has 1 fully saturated rings. The van der Waals surface area contributed by atoms with Gasteiger partial charge >= 0.3 is 0 Å². The summed E-state index contributed by atoms with van der Waals surface area (Å²) in [7, 11) is 0. The summed E-state index contributed by atoms with van der Waals surface area (Å²) in [6.45, 7) is 1.17. The number of halogens is 1. The summed E-state index contributed by atoms with van der Waals surface area (Å²) in [6.07, 6.45) is 1.30. The standard InChI is InChI=1S/C20H21ClN2O2S/c21-17-5-7-18(8-6-17)26-13-14-1-3-16(4-2-14)20(25)23-11-9-15(10-12-23)19(22)24/h1-8,15H,9-13H2,(H2,22,24). The smallest absolute Gasteiger partial charge is 0.253 e. The minimum absolute atomic E-state index is 0.0184. The van der Waals surface area contributed by atoms with Crippen molar-refractivity contribution in [3.8, 4) is 0 Å². The Morgan fingerprint density at radius 1 is 1.04 bits per heavy atom. The van der Waals surface area contributed by atoms with Gasteiger partial charge in [0, 0.05) is 40.2 Å². The molecule has 0 bridgehead atoms. The minimum atomic E-state index is -0.264. The number of nitrogens with zero attached hydrogens (tertiary/aromatic N) is 1. The first-order valence-electron chi connectivity index (χ1n) is 8.59. The highest BCUT2D eigenvalue weighted by molar-refractivity contribution is 7.98. The van der Waals surface area contributed by atoms with Crippen molar-refractivity contribution in [3.05, 3.63) is 64.7 Å². The molecule has 2 N–H and O–H groups in total. The third-order valence-electron chi connectivity index (χ3n) is 4.60. The molecule has 0 aliphatic carbocycles. The molecule has 0 atom stereocenters. The molecule has 2 amide bonds. The minimum Gasteiger partial charge on any atom is -0.369 e. The van der Waals surface area contributed by atoms with Gasteiger partial charge in [-0.25, -0.2) is 0 Å². The number of amides is 2. The van der Waals surface area contributed by atoms with Crippen LogP contribution in [0.5, 0.6) is 0 Å². The number of likely N-dealkylation sites (tertiary alicyclic amines) is 1. The van der Waals surface area contributed by atoms with Crippen molar-refractivity contribution >= 4 is 35.2 Å². The normalized spacial score (nSPS) is 15.0. The van der Waals surface area contributed by atoms with Gasteiger partial charge in [0.1, 0.15) is 0 Å². The van der Waals surface area contributed by atoms with E-state index in [2.05, 4.69) is 0 Å². The highest BCUT2D eigenvalue weighted by atomic mass is 35.5. The Labute approximate surface area is 162 Å². The van der Waals surface area contributed by atoms with Gasteiger partial charge in [-0.1, -0.05) is 23.7 Å². The fraction of sp³-hybridized carbons (Fsp3) is 0.300. The van der Waals surface area contributed by atoms with E-state index in [9.17, 15) is 9.59 Å². The third kappa shape index (κ3) is 4.80. The lowest BCUT2D eigenvalue weighted by atomic mass is 9.96. The first-order chi connectivity index (χ1) is 12.5. The number of nitrogens with two attached hydrogens (primary N) is 1. The van der Waals surface area contributed by atoms with Crippen molar-refractivity contribution < 1.29 is 9.59 Å². The van der Waals surface area contributed by atoms with Gasteiger partial charge in [0.2, 0.25) is 5.91 Å². The van der Waals surface area contributed by atoms with Crippen LogP contribution in [0.4, 0.5) is 0 Å². The van der Waals surface area contributed by atoms with E-state index >= 15 is 0 Å². The van der Waals surface area contributed by atoms with Crippen LogP contribution in [0.2, 0.25) is 5.02 Å². The Morgan fingerprint density at radius 3 is 2.23 bits per heavy atom. The van der Waals surface area contributed by atoms with E-state index in [1.165, 1.54) is 0 Å². The number of carbonyl (C=O) groups excluding carboxylic acids is 2. The molecule has 2 aromatic rings. The second-order valence-corrected chi connectivity index (χ2v) is 7.89. The zero-order chi connectivity index (χ0) is 18.5. The van der Waals surface area contributed by atoms with Gasteiger partial charge in [0.25, 0.3) is 5.91 Å². The average molecular weight is 389 g/mol. The zero-order valence-corrected chi connectivity index (χ0v) is 15.9. The molecular formula is C20H21ClN2O2S. The van der Waals surface area contributed by atoms with Gasteiger partial charge < -0.3 is 10.6 Å². The molecule has 1 heterocycles. The van der Waals surface area contributed by atoms with Crippen LogP contribution >= 0.6 is 23.4 Å². The largest absolute Gasteiger partial charge is 0.369 e. The maximum absolute atomic E-state index is 12.6.